The van der Waals surface area contributed by atoms with E-state index in [4.69, 9.17) is 21.1 Å². The lowest BCUT2D eigenvalue weighted by Gasteiger charge is -2.05. The number of ether oxygens (including phenoxy) is 2. The van der Waals surface area contributed by atoms with Crippen molar-refractivity contribution >= 4 is 11.6 Å². The first-order valence-electron chi connectivity index (χ1n) is 4.43. The topological polar surface area (TPSA) is 42.0 Å². The van der Waals surface area contributed by atoms with E-state index < -0.39 is 0 Å². The second-order valence-corrected chi connectivity index (χ2v) is 3.45. The lowest BCUT2D eigenvalue weighted by molar-refractivity contribution is 0.252. The summed E-state index contributed by atoms with van der Waals surface area (Å²) in [5, 5.41) is 9.38. The van der Waals surface area contributed by atoms with Crippen LogP contribution in [0.2, 0.25) is 0 Å². The zero-order chi connectivity index (χ0) is 9.97. The van der Waals surface area contributed by atoms with Gasteiger partial charge in [-0.2, -0.15) is 0 Å². The predicted molar refractivity (Wildman–Crippen MR) is 53.0 cm³/mol. The van der Waals surface area contributed by atoms with Crippen molar-refractivity contribution < 1.29 is 14.6 Å². The van der Waals surface area contributed by atoms with Gasteiger partial charge in [-0.15, -0.1) is 11.6 Å². The van der Waals surface area contributed by atoms with Crippen molar-refractivity contribution in [2.75, 3.05) is 12.5 Å². The summed E-state index contributed by atoms with van der Waals surface area (Å²) in [4.78, 5) is 0. The number of halogens is 1. The predicted octanol–water partition coefficient (Wildman–Crippen LogP) is 1.78. The molecule has 0 aromatic heterocycles. The van der Waals surface area contributed by atoms with Gasteiger partial charge in [0.1, 0.15) is 18.8 Å². The molecule has 4 heteroatoms. The molecule has 76 valence electrons. The van der Waals surface area contributed by atoms with Crippen molar-refractivity contribution in [1.82, 2.24) is 0 Å². The van der Waals surface area contributed by atoms with Crippen molar-refractivity contribution in [3.8, 4) is 11.5 Å². The average molecular weight is 215 g/mol. The van der Waals surface area contributed by atoms with Gasteiger partial charge < -0.3 is 14.6 Å². The van der Waals surface area contributed by atoms with E-state index in [-0.39, 0.29) is 18.0 Å². The number of para-hydroxylation sites is 2. The van der Waals surface area contributed by atoms with Crippen LogP contribution in [-0.2, 0) is 4.74 Å². The molecule has 0 aliphatic carbocycles. The quantitative estimate of drug-likeness (QED) is 0.614. The van der Waals surface area contributed by atoms with Crippen LogP contribution in [0.4, 0.5) is 0 Å². The number of aromatic hydroxyl groups is 1. The average Bonchev–Trinajstić information content (AvgIpc) is 2.95. The van der Waals surface area contributed by atoms with E-state index >= 15 is 0 Å². The Bertz CT molecular complexity index is 316. The Balaban J connectivity index is 1.84. The minimum Gasteiger partial charge on any atom is -0.504 e. The van der Waals surface area contributed by atoms with E-state index in [1.165, 1.54) is 0 Å². The maximum atomic E-state index is 9.38. The smallest absolute Gasteiger partial charge is 0.161 e. The fourth-order valence-corrected chi connectivity index (χ4v) is 1.48. The Morgan fingerprint density at radius 1 is 1.36 bits per heavy atom. The van der Waals surface area contributed by atoms with Crippen LogP contribution in [0.5, 0.6) is 11.5 Å². The summed E-state index contributed by atoms with van der Waals surface area (Å²) in [6.45, 7) is 0.439. The maximum absolute atomic E-state index is 9.38. The second-order valence-electron chi connectivity index (χ2n) is 3.15. The standard InChI is InChI=1S/C10H11ClO3/c11-5-9-10(14-9)6-13-8-4-2-1-3-7(8)12/h1-4,9-10,12H,5-6H2/t9-,10-/m0/s1. The number of hydrogen-bond donors (Lipinski definition) is 1. The van der Waals surface area contributed by atoms with Crippen molar-refractivity contribution in [3.05, 3.63) is 24.3 Å². The number of alkyl halides is 1. The molecule has 0 spiro atoms. The first kappa shape index (κ1) is 9.62. The Hall–Kier alpha value is -0.930. The molecule has 1 aliphatic heterocycles. The minimum absolute atomic E-state index is 0.0760. The van der Waals surface area contributed by atoms with Gasteiger partial charge in [0.2, 0.25) is 0 Å². The van der Waals surface area contributed by atoms with Gasteiger partial charge in [-0.3, -0.25) is 0 Å². The molecule has 1 saturated heterocycles. The Kier molecular flexibility index (Phi) is 2.79. The lowest BCUT2D eigenvalue weighted by atomic mass is 10.3. The van der Waals surface area contributed by atoms with Crippen molar-refractivity contribution in [3.63, 3.8) is 0 Å². The van der Waals surface area contributed by atoms with Crippen molar-refractivity contribution in [2.45, 2.75) is 12.2 Å². The Labute approximate surface area is 87.2 Å². The molecular weight excluding hydrogens is 204 g/mol. The molecule has 0 saturated carbocycles. The number of epoxide rings is 1. The van der Waals surface area contributed by atoms with Crippen molar-refractivity contribution in [2.24, 2.45) is 0 Å². The lowest BCUT2D eigenvalue weighted by Crippen LogP contribution is -2.08. The molecule has 1 aliphatic rings. The number of phenolic OH excluding ortho intramolecular Hbond substituents is 1. The maximum Gasteiger partial charge on any atom is 0.161 e. The normalized spacial score (nSPS) is 24.6. The van der Waals surface area contributed by atoms with Gasteiger partial charge in [0.15, 0.2) is 11.5 Å². The summed E-state index contributed by atoms with van der Waals surface area (Å²) in [5.74, 6) is 1.13. The van der Waals surface area contributed by atoms with E-state index in [9.17, 15) is 5.11 Å². The molecule has 0 radical (unpaired) electrons. The van der Waals surface area contributed by atoms with Crippen LogP contribution in [0.1, 0.15) is 0 Å². The largest absolute Gasteiger partial charge is 0.504 e. The van der Waals surface area contributed by atoms with E-state index in [0.717, 1.165) is 0 Å². The van der Waals surface area contributed by atoms with E-state index in [1.807, 2.05) is 6.07 Å². The zero-order valence-electron chi connectivity index (χ0n) is 7.52. The van der Waals surface area contributed by atoms with Gasteiger partial charge >= 0.3 is 0 Å². The number of hydrogen-bond acceptors (Lipinski definition) is 3. The third-order valence-electron chi connectivity index (χ3n) is 2.11. The monoisotopic (exact) mass is 214 g/mol. The molecule has 2 rings (SSSR count). The van der Waals surface area contributed by atoms with Crippen molar-refractivity contribution in [1.29, 1.82) is 0 Å². The third-order valence-corrected chi connectivity index (χ3v) is 2.41. The number of phenols is 1. The van der Waals surface area contributed by atoms with Gasteiger partial charge in [-0.25, -0.2) is 0 Å². The van der Waals surface area contributed by atoms with Gasteiger partial charge in [0.25, 0.3) is 0 Å². The highest BCUT2D eigenvalue weighted by Crippen LogP contribution is 2.28. The first-order valence-corrected chi connectivity index (χ1v) is 4.97. The van der Waals surface area contributed by atoms with Crippen LogP contribution in [0.15, 0.2) is 24.3 Å². The summed E-state index contributed by atoms with van der Waals surface area (Å²) >= 11 is 5.58. The van der Waals surface area contributed by atoms with Gasteiger partial charge in [-0.05, 0) is 12.1 Å². The van der Waals surface area contributed by atoms with E-state index in [0.29, 0.717) is 18.2 Å². The molecule has 1 N–H and O–H groups in total. The molecule has 0 unspecified atom stereocenters. The molecule has 3 nitrogen and oxygen atoms in total. The molecule has 1 heterocycles. The molecule has 2 atom stereocenters. The summed E-state index contributed by atoms with van der Waals surface area (Å²) in [5.41, 5.74) is 0. The van der Waals surface area contributed by atoms with Crippen LogP contribution in [0, 0.1) is 0 Å². The Morgan fingerprint density at radius 2 is 2.14 bits per heavy atom. The highest BCUT2D eigenvalue weighted by molar-refractivity contribution is 6.18. The summed E-state index contributed by atoms with van der Waals surface area (Å²) in [7, 11) is 0. The molecule has 1 fully saturated rings. The molecule has 0 amide bonds. The number of benzene rings is 1. The van der Waals surface area contributed by atoms with Crippen LogP contribution in [-0.4, -0.2) is 29.8 Å². The summed E-state index contributed by atoms with van der Waals surface area (Å²) in [6, 6.07) is 6.86. The SMILES string of the molecule is Oc1ccccc1OC[C@@H]1O[C@H]1CCl. The first-order chi connectivity index (χ1) is 6.81. The molecule has 1 aromatic carbocycles. The summed E-state index contributed by atoms with van der Waals surface area (Å²) in [6.07, 6.45) is 0.189. The van der Waals surface area contributed by atoms with Gasteiger partial charge in [-0.1, -0.05) is 12.1 Å². The Morgan fingerprint density at radius 3 is 2.79 bits per heavy atom. The fraction of sp³-hybridized carbons (Fsp3) is 0.400. The van der Waals surface area contributed by atoms with Gasteiger partial charge in [0.05, 0.1) is 5.88 Å². The summed E-state index contributed by atoms with van der Waals surface area (Å²) < 4.78 is 10.5. The highest BCUT2D eigenvalue weighted by atomic mass is 35.5. The van der Waals surface area contributed by atoms with Crippen LogP contribution in [0.3, 0.4) is 0 Å². The van der Waals surface area contributed by atoms with E-state index in [1.54, 1.807) is 18.2 Å². The fourth-order valence-electron chi connectivity index (χ4n) is 1.21. The number of rotatable bonds is 4. The van der Waals surface area contributed by atoms with Crippen LogP contribution >= 0.6 is 11.6 Å². The minimum atomic E-state index is 0.0760. The molecular formula is C10H11ClO3. The molecule has 0 bridgehead atoms. The van der Waals surface area contributed by atoms with E-state index in [2.05, 4.69) is 0 Å². The zero-order valence-corrected chi connectivity index (χ0v) is 8.28. The van der Waals surface area contributed by atoms with Gasteiger partial charge in [0, 0.05) is 0 Å². The highest BCUT2D eigenvalue weighted by Gasteiger charge is 2.38. The second kappa shape index (κ2) is 4.07. The molecule has 1 aromatic rings. The molecule has 14 heavy (non-hydrogen) atoms. The third kappa shape index (κ3) is 2.11. The van der Waals surface area contributed by atoms with Crippen LogP contribution in [0.25, 0.3) is 0 Å². The van der Waals surface area contributed by atoms with Crippen LogP contribution < -0.4 is 4.74 Å².